The van der Waals surface area contributed by atoms with E-state index in [2.05, 4.69) is 47.8 Å². The number of amides is 2. The number of nitrogens with zero attached hydrogens (tertiary/aromatic N) is 10. The highest BCUT2D eigenvalue weighted by Gasteiger charge is 2.38. The summed E-state index contributed by atoms with van der Waals surface area (Å²) in [6, 6.07) is 45.3. The Bertz CT molecular complexity index is 4300. The third kappa shape index (κ3) is 16.7. The van der Waals surface area contributed by atoms with Crippen LogP contribution in [-0.2, 0) is 90.4 Å². The van der Waals surface area contributed by atoms with Crippen molar-refractivity contribution < 1.29 is 46.9 Å². The molecule has 0 saturated carbocycles. The van der Waals surface area contributed by atoms with Crippen LogP contribution in [0.4, 0.5) is 13.2 Å². The van der Waals surface area contributed by atoms with Crippen LogP contribution in [0.15, 0.2) is 177 Å². The third-order valence-electron chi connectivity index (χ3n) is 15.8. The topological polar surface area (TPSA) is 228 Å². The van der Waals surface area contributed by atoms with E-state index in [-0.39, 0.29) is 17.1 Å². The zero-order valence-electron chi connectivity index (χ0n) is 50.5. The number of ether oxygens (including phenoxy) is 2. The third-order valence-corrected chi connectivity index (χ3v) is 15.9. The molecule has 23 heteroatoms. The second-order valence-corrected chi connectivity index (χ2v) is 22.3. The molecule has 472 valence electrons. The van der Waals surface area contributed by atoms with Crippen molar-refractivity contribution >= 4 is 67.7 Å². The second kappa shape index (κ2) is 30.5. The van der Waals surface area contributed by atoms with E-state index in [4.69, 9.17) is 36.0 Å². The number of H-pyrrole nitrogens is 1. The fraction of sp³-hybridized carbons (Fsp3) is 0.246. The van der Waals surface area contributed by atoms with Gasteiger partial charge in [0.05, 0.1) is 58.7 Å². The van der Waals surface area contributed by atoms with Gasteiger partial charge in [-0.1, -0.05) is 115 Å². The molecule has 0 fully saturated rings. The summed E-state index contributed by atoms with van der Waals surface area (Å²) in [5, 5.41) is 29.6. The van der Waals surface area contributed by atoms with Gasteiger partial charge in [-0.3, -0.25) is 19.5 Å². The van der Waals surface area contributed by atoms with Crippen LogP contribution in [-0.4, -0.2) is 123 Å². The Morgan fingerprint density at radius 1 is 0.533 bits per heavy atom. The standard InChI is InChI=1S/C25H24N4O2.C17H18N4O.C17H16N4O.C8H7ClO.C2HF3O2/c1-31-21-9-7-19(8-10-21)16-29-25-23(15-27-29)22-11-12-28(17-20(22)14-26-25)24(30)13-18-5-3-2-4-6-18;1-22-14-4-2-12(3-5-14)11-21-17-16(10-20-21)15-6-7-18-8-13(15)9-19-17;22-16(8-12-4-2-1-3-5-12)21-7-6-14-13(11-21)9-18-17-15(14)10-19-20-17;9-8(10)6-7-4-2-1-3-5-7;3-2(4,5)1(6)7/h2-10,14-15H,11-13,16-17H2,1H3;2-5,9-10,18H,6-8,11H2,1H3;1-5,9-10H,6-8,11H2,(H,18,19,20);1-5H,6H2;(H,6,7). The average Bonchev–Trinajstić information content (AvgIpc) is 1.55. The van der Waals surface area contributed by atoms with Crippen molar-refractivity contribution in [1.82, 2.24) is 59.8 Å². The van der Waals surface area contributed by atoms with Gasteiger partial charge < -0.3 is 29.7 Å². The van der Waals surface area contributed by atoms with E-state index >= 15 is 0 Å². The van der Waals surface area contributed by atoms with E-state index in [9.17, 15) is 27.6 Å². The normalized spacial score (nSPS) is 13.1. The minimum atomic E-state index is -5.08. The Morgan fingerprint density at radius 2 is 0.957 bits per heavy atom. The molecule has 3 aliphatic rings. The molecule has 6 aromatic heterocycles. The molecule has 2 amide bonds. The molecule has 0 atom stereocenters. The number of methoxy groups -OCH3 is 2. The SMILES string of the molecule is COc1ccc(Cn2ncc3c4c(cnc32)CN(C(=O)Cc2ccccc2)CC4)cc1.COc1ccc(Cn2ncc3c4c(cnc32)CNCC4)cc1.O=C(Cc1ccccc1)N1CCc2c(cnc3[nH]ncc23)C1.O=C(Cl)Cc1ccccc1.O=C(O)C(F)(F)F. The Kier molecular flexibility index (Phi) is 21.4. The van der Waals surface area contributed by atoms with Gasteiger partial charge >= 0.3 is 12.1 Å². The maximum atomic E-state index is 12.8. The van der Waals surface area contributed by atoms with Crippen LogP contribution in [0.2, 0.25) is 0 Å². The van der Waals surface area contributed by atoms with E-state index in [1.165, 1.54) is 33.2 Å². The van der Waals surface area contributed by atoms with Crippen molar-refractivity contribution in [2.24, 2.45) is 0 Å². The number of halogens is 4. The molecule has 0 unspecified atom stereocenters. The van der Waals surface area contributed by atoms with Crippen LogP contribution in [0.1, 0.15) is 61.2 Å². The summed E-state index contributed by atoms with van der Waals surface area (Å²) < 4.78 is 46.1. The molecule has 92 heavy (non-hydrogen) atoms. The molecule has 14 rings (SSSR count). The Morgan fingerprint density at radius 3 is 1.40 bits per heavy atom. The number of aliphatic carboxylic acids is 1. The molecule has 9 heterocycles. The van der Waals surface area contributed by atoms with Gasteiger partial charge in [0.25, 0.3) is 0 Å². The predicted molar refractivity (Wildman–Crippen MR) is 342 cm³/mol. The lowest BCUT2D eigenvalue weighted by atomic mass is 9.98. The molecule has 3 aliphatic heterocycles. The molecule has 0 bridgehead atoms. The highest BCUT2D eigenvalue weighted by atomic mass is 35.5. The molecule has 0 spiro atoms. The van der Waals surface area contributed by atoms with Crippen LogP contribution >= 0.6 is 11.6 Å². The van der Waals surface area contributed by atoms with Gasteiger partial charge in [-0.05, 0) is 123 Å². The smallest absolute Gasteiger partial charge is 0.490 e. The summed E-state index contributed by atoms with van der Waals surface area (Å²) >= 11 is 5.17. The fourth-order valence-electron chi connectivity index (χ4n) is 11.0. The summed E-state index contributed by atoms with van der Waals surface area (Å²) in [4.78, 5) is 62.1. The summed E-state index contributed by atoms with van der Waals surface area (Å²) in [6.07, 6.45) is 10.3. The van der Waals surface area contributed by atoms with Crippen LogP contribution in [0.5, 0.6) is 11.5 Å². The number of carboxylic acids is 1. The highest BCUT2D eigenvalue weighted by Crippen LogP contribution is 2.29. The van der Waals surface area contributed by atoms with Crippen molar-refractivity contribution in [2.45, 2.75) is 77.4 Å². The summed E-state index contributed by atoms with van der Waals surface area (Å²) in [5.74, 6) is -0.717. The largest absolute Gasteiger partial charge is 0.497 e. The van der Waals surface area contributed by atoms with E-state index in [1.54, 1.807) is 14.2 Å². The number of aromatic amines is 1. The maximum absolute atomic E-state index is 12.8. The molecule has 19 nitrogen and oxygen atoms in total. The number of benzene rings is 5. The highest BCUT2D eigenvalue weighted by molar-refractivity contribution is 6.63. The number of carboxylic acid groups (broad SMARTS) is 1. The summed E-state index contributed by atoms with van der Waals surface area (Å²) in [5.41, 5.74) is 15.5. The molecular formula is C69H66ClF3N12O7. The first-order valence-electron chi connectivity index (χ1n) is 29.7. The minimum absolute atomic E-state index is 0.159. The number of hydrogen-bond acceptors (Lipinski definition) is 13. The van der Waals surface area contributed by atoms with E-state index < -0.39 is 12.1 Å². The van der Waals surface area contributed by atoms with Crippen LogP contribution in [0, 0.1) is 0 Å². The van der Waals surface area contributed by atoms with Gasteiger partial charge in [0.2, 0.25) is 17.1 Å². The van der Waals surface area contributed by atoms with E-state index in [0.29, 0.717) is 38.9 Å². The van der Waals surface area contributed by atoms with Crippen molar-refractivity contribution in [3.05, 3.63) is 238 Å². The lowest BCUT2D eigenvalue weighted by Crippen LogP contribution is -2.37. The van der Waals surface area contributed by atoms with Crippen molar-refractivity contribution in [3.63, 3.8) is 0 Å². The summed E-state index contributed by atoms with van der Waals surface area (Å²) in [6.45, 7) is 6.02. The Balaban J connectivity index is 0.000000136. The molecular weight excluding hydrogens is 1200 g/mol. The first kappa shape index (κ1) is 64.7. The number of nitrogens with one attached hydrogen (secondary N) is 2. The number of carbonyl (C=O) groups excluding carboxylic acids is 3. The summed E-state index contributed by atoms with van der Waals surface area (Å²) in [7, 11) is 3.34. The number of rotatable bonds is 12. The number of hydrogen-bond donors (Lipinski definition) is 3. The Hall–Kier alpha value is -10.3. The Labute approximate surface area is 532 Å². The molecule has 5 aromatic carbocycles. The lowest BCUT2D eigenvalue weighted by Gasteiger charge is -2.29. The lowest BCUT2D eigenvalue weighted by molar-refractivity contribution is -0.192. The minimum Gasteiger partial charge on any atom is -0.497 e. The van der Waals surface area contributed by atoms with Crippen LogP contribution in [0.25, 0.3) is 33.1 Å². The van der Waals surface area contributed by atoms with E-state index in [1.807, 2.05) is 184 Å². The molecule has 0 aliphatic carbocycles. The van der Waals surface area contributed by atoms with Crippen molar-refractivity contribution in [3.8, 4) is 11.5 Å². The maximum Gasteiger partial charge on any atom is 0.490 e. The first-order chi connectivity index (χ1) is 44.6. The van der Waals surface area contributed by atoms with Gasteiger partial charge in [0.1, 0.15) is 11.5 Å². The monoisotopic (exact) mass is 1270 g/mol. The zero-order chi connectivity index (χ0) is 64.6. The quantitative estimate of drug-likeness (QED) is 0.0967. The number of aromatic nitrogens is 9. The van der Waals surface area contributed by atoms with Gasteiger partial charge in [-0.15, -0.1) is 0 Å². The van der Waals surface area contributed by atoms with Crippen LogP contribution < -0.4 is 14.8 Å². The molecule has 0 radical (unpaired) electrons. The molecule has 3 N–H and O–H groups in total. The number of alkyl halides is 3. The first-order valence-corrected chi connectivity index (χ1v) is 30.0. The molecule has 11 aromatic rings. The number of pyridine rings is 3. The van der Waals surface area contributed by atoms with Gasteiger partial charge in [-0.2, -0.15) is 28.5 Å². The van der Waals surface area contributed by atoms with Gasteiger partial charge in [0.15, 0.2) is 16.9 Å². The second-order valence-electron chi connectivity index (χ2n) is 21.9. The predicted octanol–water partition coefficient (Wildman–Crippen LogP) is 10.5. The van der Waals surface area contributed by atoms with Crippen molar-refractivity contribution in [1.29, 1.82) is 0 Å². The fourth-order valence-corrected chi connectivity index (χ4v) is 11.2. The van der Waals surface area contributed by atoms with Gasteiger partial charge in [0, 0.05) is 73.9 Å². The van der Waals surface area contributed by atoms with Gasteiger partial charge in [-0.25, -0.2) is 29.1 Å². The van der Waals surface area contributed by atoms with E-state index in [0.717, 1.165) is 125 Å². The zero-order valence-corrected chi connectivity index (χ0v) is 51.3. The van der Waals surface area contributed by atoms with Crippen molar-refractivity contribution in [2.75, 3.05) is 33.9 Å². The molecule has 0 saturated heterocycles. The average molecular weight is 1270 g/mol. The number of carbonyl (C=O) groups is 4. The number of fused-ring (bicyclic) bond motifs is 9. The van der Waals surface area contributed by atoms with Crippen LogP contribution in [0.3, 0.4) is 0 Å².